The van der Waals surface area contributed by atoms with Crippen LogP contribution < -0.4 is 0 Å². The molecular formula is C17H19BrFNO2S. The third kappa shape index (κ3) is 3.15. The van der Waals surface area contributed by atoms with Gasteiger partial charge in [-0.05, 0) is 68.1 Å². The first-order chi connectivity index (χ1) is 10.7. The van der Waals surface area contributed by atoms with Crippen LogP contribution in [-0.2, 0) is 9.53 Å². The molecule has 2 atom stereocenters. The van der Waals surface area contributed by atoms with E-state index in [4.69, 9.17) is 4.74 Å². The molecule has 23 heavy (non-hydrogen) atoms. The molecule has 1 aliphatic rings. The van der Waals surface area contributed by atoms with Gasteiger partial charge in [0, 0.05) is 5.92 Å². The lowest BCUT2D eigenvalue weighted by atomic mass is 9.74. The molecule has 0 spiro atoms. The van der Waals surface area contributed by atoms with Crippen molar-refractivity contribution in [1.82, 2.24) is 4.98 Å². The van der Waals surface area contributed by atoms with Gasteiger partial charge < -0.3 is 4.74 Å². The van der Waals surface area contributed by atoms with Crippen molar-refractivity contribution >= 4 is 43.5 Å². The van der Waals surface area contributed by atoms with Crippen LogP contribution >= 0.6 is 27.3 Å². The SMILES string of the molecule is Cc1cc2sc(C3CCC3C(=O)OC(C)(C)C)nc2c(Br)c1F. The van der Waals surface area contributed by atoms with Crippen molar-refractivity contribution in [1.29, 1.82) is 0 Å². The number of benzene rings is 1. The van der Waals surface area contributed by atoms with Gasteiger partial charge in [0.15, 0.2) is 0 Å². The molecule has 0 radical (unpaired) electrons. The second kappa shape index (κ2) is 5.81. The molecule has 0 saturated heterocycles. The molecule has 0 amide bonds. The minimum atomic E-state index is -0.478. The third-order valence-electron chi connectivity index (χ3n) is 4.07. The molecule has 2 aromatic rings. The van der Waals surface area contributed by atoms with E-state index in [1.165, 1.54) is 0 Å². The summed E-state index contributed by atoms with van der Waals surface area (Å²) >= 11 is 4.84. The van der Waals surface area contributed by atoms with E-state index in [0.29, 0.717) is 15.6 Å². The summed E-state index contributed by atoms with van der Waals surface area (Å²) in [4.78, 5) is 16.9. The number of hydrogen-bond donors (Lipinski definition) is 0. The molecule has 0 N–H and O–H groups in total. The van der Waals surface area contributed by atoms with Crippen molar-refractivity contribution in [3.63, 3.8) is 0 Å². The van der Waals surface area contributed by atoms with Gasteiger partial charge >= 0.3 is 5.97 Å². The van der Waals surface area contributed by atoms with Gasteiger partial charge in [-0.3, -0.25) is 4.79 Å². The average molecular weight is 400 g/mol. The Hall–Kier alpha value is -1.01. The van der Waals surface area contributed by atoms with Gasteiger partial charge in [-0.15, -0.1) is 11.3 Å². The number of aromatic nitrogens is 1. The predicted molar refractivity (Wildman–Crippen MR) is 93.3 cm³/mol. The summed E-state index contributed by atoms with van der Waals surface area (Å²) < 4.78 is 20.9. The molecule has 3 rings (SSSR count). The summed E-state index contributed by atoms with van der Waals surface area (Å²) in [5, 5.41) is 0.896. The largest absolute Gasteiger partial charge is 0.460 e. The van der Waals surface area contributed by atoms with Crippen molar-refractivity contribution < 1.29 is 13.9 Å². The number of hydrogen-bond acceptors (Lipinski definition) is 4. The van der Waals surface area contributed by atoms with Crippen LogP contribution in [-0.4, -0.2) is 16.6 Å². The Morgan fingerprint density at radius 1 is 1.43 bits per heavy atom. The summed E-state index contributed by atoms with van der Waals surface area (Å²) in [6, 6.07) is 1.82. The molecule has 124 valence electrons. The molecule has 1 heterocycles. The number of esters is 1. The van der Waals surface area contributed by atoms with Crippen LogP contribution in [0.25, 0.3) is 10.2 Å². The third-order valence-corrected chi connectivity index (χ3v) is 5.92. The zero-order chi connectivity index (χ0) is 16.9. The number of ether oxygens (including phenoxy) is 1. The fourth-order valence-electron chi connectivity index (χ4n) is 2.75. The van der Waals surface area contributed by atoms with Crippen molar-refractivity contribution in [2.75, 3.05) is 0 Å². The highest BCUT2D eigenvalue weighted by atomic mass is 79.9. The lowest BCUT2D eigenvalue weighted by Gasteiger charge is -2.35. The van der Waals surface area contributed by atoms with Gasteiger partial charge in [0.2, 0.25) is 0 Å². The van der Waals surface area contributed by atoms with E-state index in [1.807, 2.05) is 26.8 Å². The first kappa shape index (κ1) is 16.8. The molecule has 2 unspecified atom stereocenters. The molecule has 1 aromatic carbocycles. The summed E-state index contributed by atoms with van der Waals surface area (Å²) in [7, 11) is 0. The molecule has 1 saturated carbocycles. The second-order valence-electron chi connectivity index (χ2n) is 7.04. The number of carbonyl (C=O) groups excluding carboxylic acids is 1. The minimum Gasteiger partial charge on any atom is -0.460 e. The van der Waals surface area contributed by atoms with E-state index in [2.05, 4.69) is 20.9 Å². The molecular weight excluding hydrogens is 381 g/mol. The van der Waals surface area contributed by atoms with Crippen LogP contribution in [0.1, 0.15) is 50.1 Å². The number of halogens is 2. The van der Waals surface area contributed by atoms with E-state index in [1.54, 1.807) is 18.3 Å². The highest BCUT2D eigenvalue weighted by molar-refractivity contribution is 9.10. The van der Waals surface area contributed by atoms with Gasteiger partial charge in [-0.1, -0.05) is 0 Å². The van der Waals surface area contributed by atoms with Crippen LogP contribution in [0.3, 0.4) is 0 Å². The lowest BCUT2D eigenvalue weighted by molar-refractivity contribution is -0.164. The van der Waals surface area contributed by atoms with Gasteiger partial charge in [-0.25, -0.2) is 9.37 Å². The smallest absolute Gasteiger partial charge is 0.310 e. The summed E-state index contributed by atoms with van der Waals surface area (Å²) in [6.45, 7) is 7.36. The monoisotopic (exact) mass is 399 g/mol. The maximum Gasteiger partial charge on any atom is 0.310 e. The van der Waals surface area contributed by atoms with Crippen molar-refractivity contribution in [2.24, 2.45) is 5.92 Å². The van der Waals surface area contributed by atoms with E-state index in [-0.39, 0.29) is 23.6 Å². The van der Waals surface area contributed by atoms with Crippen molar-refractivity contribution in [3.05, 3.63) is 26.9 Å². The van der Waals surface area contributed by atoms with Crippen LogP contribution in [0, 0.1) is 18.7 Å². The topological polar surface area (TPSA) is 39.2 Å². The molecule has 0 bridgehead atoms. The fraction of sp³-hybridized carbons (Fsp3) is 0.529. The van der Waals surface area contributed by atoms with Crippen LogP contribution in [0.5, 0.6) is 0 Å². The summed E-state index contributed by atoms with van der Waals surface area (Å²) in [5.74, 6) is -0.488. The lowest BCUT2D eigenvalue weighted by Crippen LogP contribution is -2.36. The minimum absolute atomic E-state index is 0.0810. The van der Waals surface area contributed by atoms with E-state index < -0.39 is 5.60 Å². The highest BCUT2D eigenvalue weighted by Crippen LogP contribution is 2.47. The first-order valence-corrected chi connectivity index (χ1v) is 9.26. The Morgan fingerprint density at radius 2 is 2.13 bits per heavy atom. The second-order valence-corrected chi connectivity index (χ2v) is 8.90. The van der Waals surface area contributed by atoms with Crippen LogP contribution in [0.4, 0.5) is 4.39 Å². The average Bonchev–Trinajstić information content (AvgIpc) is 2.75. The Balaban J connectivity index is 1.89. The molecule has 3 nitrogen and oxygen atoms in total. The van der Waals surface area contributed by atoms with Crippen LogP contribution in [0.2, 0.25) is 0 Å². The van der Waals surface area contributed by atoms with Gasteiger partial charge in [0.1, 0.15) is 11.4 Å². The Bertz CT molecular complexity index is 781. The van der Waals surface area contributed by atoms with E-state index in [0.717, 1.165) is 22.5 Å². The molecule has 1 fully saturated rings. The van der Waals surface area contributed by atoms with Gasteiger partial charge in [0.25, 0.3) is 0 Å². The first-order valence-electron chi connectivity index (χ1n) is 7.65. The normalized spacial score (nSPS) is 21.3. The zero-order valence-electron chi connectivity index (χ0n) is 13.6. The van der Waals surface area contributed by atoms with Crippen molar-refractivity contribution in [3.8, 4) is 0 Å². The highest BCUT2D eigenvalue weighted by Gasteiger charge is 2.41. The van der Waals surface area contributed by atoms with Gasteiger partial charge in [0.05, 0.1) is 25.6 Å². The fourth-order valence-corrected chi connectivity index (χ4v) is 4.78. The number of rotatable bonds is 2. The predicted octanol–water partition coefficient (Wildman–Crippen LogP) is 5.34. The Labute approximate surface area is 147 Å². The molecule has 1 aromatic heterocycles. The maximum atomic E-state index is 14.0. The molecule has 0 aliphatic heterocycles. The number of carbonyl (C=O) groups is 1. The van der Waals surface area contributed by atoms with E-state index >= 15 is 0 Å². The number of nitrogens with zero attached hydrogens (tertiary/aromatic N) is 1. The van der Waals surface area contributed by atoms with E-state index in [9.17, 15) is 9.18 Å². The number of thiazole rings is 1. The summed E-state index contributed by atoms with van der Waals surface area (Å²) in [6.07, 6.45) is 1.74. The van der Waals surface area contributed by atoms with Gasteiger partial charge in [-0.2, -0.15) is 0 Å². The number of fused-ring (bicyclic) bond motifs is 1. The van der Waals surface area contributed by atoms with Crippen LogP contribution in [0.15, 0.2) is 10.5 Å². The number of aryl methyl sites for hydroxylation is 1. The molecule has 6 heteroatoms. The van der Waals surface area contributed by atoms with Crippen molar-refractivity contribution in [2.45, 2.75) is 52.1 Å². The Kier molecular flexibility index (Phi) is 4.25. The summed E-state index contributed by atoms with van der Waals surface area (Å²) in [5.41, 5.74) is 0.758. The standard InChI is InChI=1S/C17H19BrFNO2S/c1-8-7-11-14(12(18)13(8)19)20-15(23-11)9-5-6-10(9)16(21)22-17(2,3)4/h7,9-10H,5-6H2,1-4H3. The molecule has 1 aliphatic carbocycles. The quantitative estimate of drug-likeness (QED) is 0.639. The Morgan fingerprint density at radius 3 is 2.70 bits per heavy atom. The maximum absolute atomic E-state index is 14.0. The zero-order valence-corrected chi connectivity index (χ0v) is 16.0.